The van der Waals surface area contributed by atoms with E-state index in [9.17, 15) is 8.42 Å². The van der Waals surface area contributed by atoms with Crippen LogP contribution < -0.4 is 4.72 Å². The molecular weight excluding hydrogens is 284 g/mol. The Labute approximate surface area is 125 Å². The number of rotatable bonds is 5. The number of hydrogen-bond donors (Lipinski definition) is 1. The smallest absolute Gasteiger partial charge is 0.208 e. The van der Waals surface area contributed by atoms with Crippen LogP contribution >= 0.6 is 0 Å². The number of benzene rings is 2. The second-order valence-electron chi connectivity index (χ2n) is 4.85. The molecule has 0 aliphatic rings. The van der Waals surface area contributed by atoms with Crippen LogP contribution in [-0.2, 0) is 16.4 Å². The third-order valence-electron chi connectivity index (χ3n) is 3.01. The maximum absolute atomic E-state index is 12.3. The van der Waals surface area contributed by atoms with Crippen LogP contribution in [0.15, 0.2) is 59.5 Å². The second-order valence-corrected chi connectivity index (χ2v) is 6.57. The van der Waals surface area contributed by atoms with E-state index in [1.165, 1.54) is 12.1 Å². The largest absolute Gasteiger partial charge is 0.240 e. The van der Waals surface area contributed by atoms with Gasteiger partial charge in [-0.3, -0.25) is 0 Å². The molecule has 0 saturated heterocycles. The fraction of sp³-hybridized carbons (Fsp3) is 0.188. The van der Waals surface area contributed by atoms with Crippen LogP contribution in [0.2, 0.25) is 0 Å². The van der Waals surface area contributed by atoms with Crippen molar-refractivity contribution in [3.63, 3.8) is 0 Å². The lowest BCUT2D eigenvalue weighted by Gasteiger charge is -2.14. The molecule has 1 unspecified atom stereocenters. The minimum Gasteiger partial charge on any atom is -0.208 e. The van der Waals surface area contributed by atoms with Crippen molar-refractivity contribution in [1.82, 2.24) is 4.72 Å². The number of sulfonamides is 1. The molecule has 1 atom stereocenters. The van der Waals surface area contributed by atoms with E-state index < -0.39 is 10.0 Å². The predicted octanol–water partition coefficient (Wildman–Crippen LogP) is 2.47. The zero-order valence-corrected chi connectivity index (χ0v) is 12.5. The highest BCUT2D eigenvalue weighted by molar-refractivity contribution is 7.89. The summed E-state index contributed by atoms with van der Waals surface area (Å²) in [6.07, 6.45) is 0.609. The standard InChI is InChI=1S/C16H16N2O2S/c1-13(10-14-6-3-2-4-7-14)18-21(19,20)16-9-5-8-15(11-16)12-17/h2-9,11,13,18H,10H2,1H3. The van der Waals surface area contributed by atoms with Gasteiger partial charge in [0.15, 0.2) is 0 Å². The van der Waals surface area contributed by atoms with Gasteiger partial charge in [-0.15, -0.1) is 0 Å². The van der Waals surface area contributed by atoms with E-state index in [0.29, 0.717) is 12.0 Å². The van der Waals surface area contributed by atoms with E-state index in [4.69, 9.17) is 5.26 Å². The first kappa shape index (κ1) is 15.2. The Kier molecular flexibility index (Phi) is 4.73. The fourth-order valence-corrected chi connectivity index (χ4v) is 3.36. The molecular formula is C16H16N2O2S. The molecule has 0 spiro atoms. The summed E-state index contributed by atoms with van der Waals surface area (Å²) in [6.45, 7) is 1.82. The van der Waals surface area contributed by atoms with Gasteiger partial charge >= 0.3 is 0 Å². The minimum atomic E-state index is -3.61. The van der Waals surface area contributed by atoms with Crippen LogP contribution in [0.3, 0.4) is 0 Å². The Bertz CT molecular complexity index is 749. The SMILES string of the molecule is CC(Cc1ccccc1)NS(=O)(=O)c1cccc(C#N)c1. The number of hydrogen-bond acceptors (Lipinski definition) is 3. The molecule has 0 fully saturated rings. The van der Waals surface area contributed by atoms with Crippen molar-refractivity contribution in [3.8, 4) is 6.07 Å². The van der Waals surface area contributed by atoms with Gasteiger partial charge in [-0.2, -0.15) is 5.26 Å². The van der Waals surface area contributed by atoms with Gasteiger partial charge in [0.05, 0.1) is 16.5 Å². The molecule has 0 bridgehead atoms. The molecule has 0 heterocycles. The van der Waals surface area contributed by atoms with Crippen molar-refractivity contribution in [1.29, 1.82) is 5.26 Å². The van der Waals surface area contributed by atoms with Crippen molar-refractivity contribution >= 4 is 10.0 Å². The highest BCUT2D eigenvalue weighted by Crippen LogP contribution is 2.12. The van der Waals surface area contributed by atoms with Crippen LogP contribution in [0, 0.1) is 11.3 Å². The van der Waals surface area contributed by atoms with Gasteiger partial charge in [-0.05, 0) is 37.1 Å². The molecule has 0 aromatic heterocycles. The molecule has 1 N–H and O–H groups in total. The van der Waals surface area contributed by atoms with E-state index in [0.717, 1.165) is 5.56 Å². The maximum Gasteiger partial charge on any atom is 0.240 e. The van der Waals surface area contributed by atoms with Crippen LogP contribution in [0.25, 0.3) is 0 Å². The van der Waals surface area contributed by atoms with Crippen molar-refractivity contribution in [3.05, 3.63) is 65.7 Å². The van der Waals surface area contributed by atoms with E-state index >= 15 is 0 Å². The van der Waals surface area contributed by atoms with Crippen LogP contribution in [0.5, 0.6) is 0 Å². The Morgan fingerprint density at radius 1 is 1.14 bits per heavy atom. The molecule has 4 nitrogen and oxygen atoms in total. The average molecular weight is 300 g/mol. The van der Waals surface area contributed by atoms with Gasteiger partial charge in [-0.1, -0.05) is 36.4 Å². The molecule has 5 heteroatoms. The Balaban J connectivity index is 2.12. The van der Waals surface area contributed by atoms with Crippen LogP contribution in [-0.4, -0.2) is 14.5 Å². The Morgan fingerprint density at radius 2 is 1.86 bits per heavy atom. The summed E-state index contributed by atoms with van der Waals surface area (Å²) in [5.41, 5.74) is 1.40. The summed E-state index contributed by atoms with van der Waals surface area (Å²) in [6, 6.07) is 17.4. The van der Waals surface area contributed by atoms with Crippen molar-refractivity contribution < 1.29 is 8.42 Å². The Morgan fingerprint density at radius 3 is 2.52 bits per heavy atom. The third-order valence-corrected chi connectivity index (χ3v) is 4.60. The van der Waals surface area contributed by atoms with Gasteiger partial charge in [0.25, 0.3) is 0 Å². The van der Waals surface area contributed by atoms with Gasteiger partial charge in [0.1, 0.15) is 0 Å². The predicted molar refractivity (Wildman–Crippen MR) is 81.1 cm³/mol. The van der Waals surface area contributed by atoms with Gasteiger partial charge in [-0.25, -0.2) is 13.1 Å². The highest BCUT2D eigenvalue weighted by atomic mass is 32.2. The number of nitrogens with zero attached hydrogens (tertiary/aromatic N) is 1. The summed E-state index contributed by atoms with van der Waals surface area (Å²) in [5.74, 6) is 0. The summed E-state index contributed by atoms with van der Waals surface area (Å²) < 4.78 is 27.2. The summed E-state index contributed by atoms with van der Waals surface area (Å²) in [5, 5.41) is 8.84. The van der Waals surface area contributed by atoms with Crippen molar-refractivity contribution in [2.45, 2.75) is 24.3 Å². The number of nitriles is 1. The molecule has 21 heavy (non-hydrogen) atoms. The molecule has 0 radical (unpaired) electrons. The van der Waals surface area contributed by atoms with Crippen LogP contribution in [0.1, 0.15) is 18.1 Å². The first-order valence-electron chi connectivity index (χ1n) is 6.58. The second kappa shape index (κ2) is 6.53. The molecule has 0 aliphatic carbocycles. The monoisotopic (exact) mass is 300 g/mol. The lowest BCUT2D eigenvalue weighted by Crippen LogP contribution is -2.34. The molecule has 2 aromatic rings. The topological polar surface area (TPSA) is 70.0 Å². The van der Waals surface area contributed by atoms with Crippen molar-refractivity contribution in [2.24, 2.45) is 0 Å². The normalized spacial score (nSPS) is 12.6. The molecule has 0 aliphatic heterocycles. The molecule has 0 amide bonds. The molecule has 2 aromatic carbocycles. The van der Waals surface area contributed by atoms with E-state index in [2.05, 4.69) is 4.72 Å². The first-order valence-corrected chi connectivity index (χ1v) is 8.06. The first-order chi connectivity index (χ1) is 10.0. The zero-order valence-electron chi connectivity index (χ0n) is 11.7. The van der Waals surface area contributed by atoms with Gasteiger partial charge < -0.3 is 0 Å². The lowest BCUT2D eigenvalue weighted by atomic mass is 10.1. The molecule has 0 saturated carbocycles. The lowest BCUT2D eigenvalue weighted by molar-refractivity contribution is 0.560. The van der Waals surface area contributed by atoms with Crippen molar-refractivity contribution in [2.75, 3.05) is 0 Å². The fourth-order valence-electron chi connectivity index (χ4n) is 2.08. The highest BCUT2D eigenvalue weighted by Gasteiger charge is 2.17. The Hall–Kier alpha value is -2.16. The van der Waals surface area contributed by atoms with Gasteiger partial charge in [0.2, 0.25) is 10.0 Å². The molecule has 2 rings (SSSR count). The van der Waals surface area contributed by atoms with E-state index in [-0.39, 0.29) is 10.9 Å². The summed E-state index contributed by atoms with van der Waals surface area (Å²) in [4.78, 5) is 0.112. The average Bonchev–Trinajstić information content (AvgIpc) is 2.47. The quantitative estimate of drug-likeness (QED) is 0.922. The van der Waals surface area contributed by atoms with Gasteiger partial charge in [0, 0.05) is 6.04 Å². The third kappa shape index (κ3) is 4.15. The van der Waals surface area contributed by atoms with E-state index in [1.54, 1.807) is 12.1 Å². The minimum absolute atomic E-state index is 0.112. The summed E-state index contributed by atoms with van der Waals surface area (Å²) in [7, 11) is -3.61. The van der Waals surface area contributed by atoms with Crippen LogP contribution in [0.4, 0.5) is 0 Å². The van der Waals surface area contributed by atoms with E-state index in [1.807, 2.05) is 43.3 Å². The zero-order chi connectivity index (χ0) is 15.3. The maximum atomic E-state index is 12.3. The summed E-state index contributed by atoms with van der Waals surface area (Å²) >= 11 is 0. The molecule has 108 valence electrons. The number of nitrogens with one attached hydrogen (secondary N) is 1.